The highest BCUT2D eigenvalue weighted by Crippen LogP contribution is 2.26. The molecule has 0 aromatic carbocycles. The molecule has 0 radical (unpaired) electrons. The van der Waals surface area contributed by atoms with Crippen molar-refractivity contribution >= 4 is 27.4 Å². The maximum Gasteiger partial charge on any atom is 0.180 e. The molecule has 2 aromatic heterocycles. The summed E-state index contributed by atoms with van der Waals surface area (Å²) in [5.41, 5.74) is 0.951. The number of nitrogens with zero attached hydrogens (tertiary/aromatic N) is 5. The third kappa shape index (κ3) is 2.55. The Kier molecular flexibility index (Phi) is 3.59. The van der Waals surface area contributed by atoms with E-state index in [0.29, 0.717) is 0 Å². The summed E-state index contributed by atoms with van der Waals surface area (Å²) in [6, 6.07) is 0.828. The second-order valence-electron chi connectivity index (χ2n) is 6.01. The van der Waals surface area contributed by atoms with Crippen LogP contribution in [0, 0.1) is 0 Å². The van der Waals surface area contributed by atoms with Gasteiger partial charge in [0.05, 0.1) is 0 Å². The summed E-state index contributed by atoms with van der Waals surface area (Å²) in [4.78, 5) is 14.2. The van der Waals surface area contributed by atoms with Crippen LogP contribution in [-0.4, -0.2) is 51.5 Å². The SMILES string of the molecule is Brc1cn2ccnc2c(N2CCN(C3CCCC3)CC2)n1. The Labute approximate surface area is 133 Å². The van der Waals surface area contributed by atoms with Crippen LogP contribution < -0.4 is 4.90 Å². The molecule has 0 N–H and O–H groups in total. The molecule has 2 aliphatic rings. The van der Waals surface area contributed by atoms with Gasteiger partial charge in [0, 0.05) is 50.8 Å². The molecule has 1 aliphatic carbocycles. The molecule has 21 heavy (non-hydrogen) atoms. The highest BCUT2D eigenvalue weighted by molar-refractivity contribution is 9.10. The molecule has 1 aliphatic heterocycles. The lowest BCUT2D eigenvalue weighted by atomic mass is 10.2. The highest BCUT2D eigenvalue weighted by atomic mass is 79.9. The summed E-state index contributed by atoms with van der Waals surface area (Å²) in [5, 5.41) is 0. The van der Waals surface area contributed by atoms with E-state index in [1.165, 1.54) is 25.7 Å². The number of rotatable bonds is 2. The Morgan fingerprint density at radius 1 is 1.10 bits per heavy atom. The van der Waals surface area contributed by atoms with Gasteiger partial charge in [-0.1, -0.05) is 12.8 Å². The van der Waals surface area contributed by atoms with Crippen molar-refractivity contribution in [1.82, 2.24) is 19.3 Å². The van der Waals surface area contributed by atoms with Gasteiger partial charge >= 0.3 is 0 Å². The van der Waals surface area contributed by atoms with Crippen LogP contribution in [0.4, 0.5) is 5.82 Å². The number of hydrogen-bond acceptors (Lipinski definition) is 4. The largest absolute Gasteiger partial charge is 0.351 e. The van der Waals surface area contributed by atoms with Gasteiger partial charge in [0.2, 0.25) is 0 Å². The smallest absolute Gasteiger partial charge is 0.180 e. The molecule has 0 unspecified atom stereocenters. The molecule has 4 rings (SSSR count). The molecule has 0 bridgehead atoms. The average molecular weight is 350 g/mol. The predicted octanol–water partition coefficient (Wildman–Crippen LogP) is 2.56. The molecule has 2 aromatic rings. The van der Waals surface area contributed by atoms with E-state index in [9.17, 15) is 0 Å². The Hall–Kier alpha value is -1.14. The first-order valence-electron chi connectivity index (χ1n) is 7.79. The third-order valence-electron chi connectivity index (χ3n) is 4.78. The number of aromatic nitrogens is 3. The van der Waals surface area contributed by atoms with Gasteiger partial charge in [0.1, 0.15) is 4.60 Å². The van der Waals surface area contributed by atoms with Gasteiger partial charge in [-0.05, 0) is 28.8 Å². The molecule has 6 heteroatoms. The van der Waals surface area contributed by atoms with Crippen LogP contribution in [-0.2, 0) is 0 Å². The zero-order valence-corrected chi connectivity index (χ0v) is 13.7. The second kappa shape index (κ2) is 5.57. The molecule has 5 nitrogen and oxygen atoms in total. The van der Waals surface area contributed by atoms with Gasteiger partial charge in [-0.25, -0.2) is 9.97 Å². The lowest BCUT2D eigenvalue weighted by Gasteiger charge is -2.38. The summed E-state index contributed by atoms with van der Waals surface area (Å²) in [7, 11) is 0. The molecule has 3 heterocycles. The van der Waals surface area contributed by atoms with Crippen molar-refractivity contribution in [3.8, 4) is 0 Å². The number of anilines is 1. The van der Waals surface area contributed by atoms with Crippen LogP contribution in [0.2, 0.25) is 0 Å². The van der Waals surface area contributed by atoms with Crippen LogP contribution >= 0.6 is 15.9 Å². The summed E-state index contributed by atoms with van der Waals surface area (Å²) < 4.78 is 2.90. The summed E-state index contributed by atoms with van der Waals surface area (Å²) in [6.45, 7) is 4.38. The zero-order chi connectivity index (χ0) is 14.2. The fraction of sp³-hybridized carbons (Fsp3) is 0.600. The molecule has 1 saturated carbocycles. The Morgan fingerprint density at radius 3 is 2.62 bits per heavy atom. The van der Waals surface area contributed by atoms with Crippen LogP contribution in [0.25, 0.3) is 5.65 Å². The highest BCUT2D eigenvalue weighted by Gasteiger charge is 2.27. The van der Waals surface area contributed by atoms with E-state index >= 15 is 0 Å². The van der Waals surface area contributed by atoms with E-state index in [-0.39, 0.29) is 0 Å². The summed E-state index contributed by atoms with van der Waals surface area (Å²) >= 11 is 3.50. The van der Waals surface area contributed by atoms with Crippen molar-refractivity contribution in [2.75, 3.05) is 31.1 Å². The van der Waals surface area contributed by atoms with Crippen LogP contribution in [0.15, 0.2) is 23.2 Å². The van der Waals surface area contributed by atoms with Crippen molar-refractivity contribution in [1.29, 1.82) is 0 Å². The maximum atomic E-state index is 4.66. The first kappa shape index (κ1) is 13.5. The van der Waals surface area contributed by atoms with Crippen molar-refractivity contribution in [2.24, 2.45) is 0 Å². The van der Waals surface area contributed by atoms with Crippen LogP contribution in [0.5, 0.6) is 0 Å². The van der Waals surface area contributed by atoms with E-state index < -0.39 is 0 Å². The number of hydrogen-bond donors (Lipinski definition) is 0. The topological polar surface area (TPSA) is 36.7 Å². The number of piperazine rings is 1. The molecular formula is C15H20BrN5. The lowest BCUT2D eigenvalue weighted by molar-refractivity contribution is 0.187. The van der Waals surface area contributed by atoms with E-state index in [0.717, 1.165) is 48.3 Å². The normalized spacial score (nSPS) is 21.5. The van der Waals surface area contributed by atoms with Gasteiger partial charge in [0.25, 0.3) is 0 Å². The third-order valence-corrected chi connectivity index (χ3v) is 5.16. The lowest BCUT2D eigenvalue weighted by Crippen LogP contribution is -2.50. The fourth-order valence-electron chi connectivity index (χ4n) is 3.67. The fourth-order valence-corrected chi connectivity index (χ4v) is 4.05. The molecule has 0 atom stereocenters. The van der Waals surface area contributed by atoms with Crippen molar-refractivity contribution in [3.05, 3.63) is 23.2 Å². The molecule has 1 saturated heterocycles. The minimum absolute atomic E-state index is 0.828. The molecular weight excluding hydrogens is 330 g/mol. The molecule has 112 valence electrons. The van der Waals surface area contributed by atoms with Crippen LogP contribution in [0.1, 0.15) is 25.7 Å². The quantitative estimate of drug-likeness (QED) is 0.834. The second-order valence-corrected chi connectivity index (χ2v) is 6.82. The summed E-state index contributed by atoms with van der Waals surface area (Å²) in [6.07, 6.45) is 11.4. The zero-order valence-electron chi connectivity index (χ0n) is 12.1. The minimum Gasteiger partial charge on any atom is -0.351 e. The Balaban J connectivity index is 1.53. The van der Waals surface area contributed by atoms with Crippen molar-refractivity contribution in [2.45, 2.75) is 31.7 Å². The van der Waals surface area contributed by atoms with E-state index in [1.54, 1.807) is 0 Å². The van der Waals surface area contributed by atoms with E-state index in [4.69, 9.17) is 0 Å². The first-order valence-corrected chi connectivity index (χ1v) is 8.59. The Morgan fingerprint density at radius 2 is 1.86 bits per heavy atom. The van der Waals surface area contributed by atoms with Crippen LogP contribution in [0.3, 0.4) is 0 Å². The monoisotopic (exact) mass is 349 g/mol. The average Bonchev–Trinajstić information content (AvgIpc) is 3.17. The van der Waals surface area contributed by atoms with Crippen molar-refractivity contribution in [3.63, 3.8) is 0 Å². The van der Waals surface area contributed by atoms with Crippen molar-refractivity contribution < 1.29 is 0 Å². The first-order chi connectivity index (χ1) is 10.3. The predicted molar refractivity (Wildman–Crippen MR) is 86.7 cm³/mol. The molecule has 2 fully saturated rings. The standard InChI is InChI=1S/C15H20BrN5/c16-13-11-21-6-5-17-14(21)15(18-13)20-9-7-19(8-10-20)12-3-1-2-4-12/h5-6,11-12H,1-4,7-10H2. The van der Waals surface area contributed by atoms with E-state index in [1.807, 2.05) is 23.0 Å². The number of imidazole rings is 1. The summed E-state index contributed by atoms with van der Waals surface area (Å²) in [5.74, 6) is 1.00. The van der Waals surface area contributed by atoms with Gasteiger partial charge in [-0.15, -0.1) is 0 Å². The van der Waals surface area contributed by atoms with Gasteiger partial charge in [-0.2, -0.15) is 0 Å². The van der Waals surface area contributed by atoms with E-state index in [2.05, 4.69) is 35.7 Å². The molecule has 0 spiro atoms. The van der Waals surface area contributed by atoms with Gasteiger partial charge in [0.15, 0.2) is 11.5 Å². The minimum atomic E-state index is 0.828. The molecule has 0 amide bonds. The number of fused-ring (bicyclic) bond motifs is 1. The number of halogens is 1. The Bertz CT molecular complexity index is 626. The van der Waals surface area contributed by atoms with Gasteiger partial charge < -0.3 is 9.30 Å². The van der Waals surface area contributed by atoms with Gasteiger partial charge in [-0.3, -0.25) is 4.90 Å². The maximum absolute atomic E-state index is 4.66.